The summed E-state index contributed by atoms with van der Waals surface area (Å²) in [7, 11) is 1.41. The number of ketones is 1. The average Bonchev–Trinajstić information content (AvgIpc) is 3.38. The van der Waals surface area contributed by atoms with Gasteiger partial charge in [0.25, 0.3) is 0 Å². The Morgan fingerprint density at radius 1 is 1.03 bits per heavy atom. The van der Waals surface area contributed by atoms with Gasteiger partial charge in [0.1, 0.15) is 10.7 Å². The Hall–Kier alpha value is -1.94. The molecule has 0 spiro atoms. The van der Waals surface area contributed by atoms with Crippen molar-refractivity contribution in [2.45, 2.75) is 77.0 Å². The van der Waals surface area contributed by atoms with E-state index in [0.29, 0.717) is 23.0 Å². The number of ether oxygens (including phenoxy) is 1. The summed E-state index contributed by atoms with van der Waals surface area (Å²) in [5, 5.41) is 0. The molecule has 0 unspecified atom stereocenters. The van der Waals surface area contributed by atoms with Crippen molar-refractivity contribution in [2.24, 2.45) is 5.92 Å². The lowest BCUT2D eigenvalue weighted by Crippen LogP contribution is -2.14. The molecule has 1 aromatic heterocycles. The van der Waals surface area contributed by atoms with Gasteiger partial charge in [-0.2, -0.15) is 0 Å². The second-order valence-electron chi connectivity index (χ2n) is 8.42. The zero-order valence-corrected chi connectivity index (χ0v) is 19.1. The van der Waals surface area contributed by atoms with Crippen LogP contribution in [0.4, 0.5) is 0 Å². The van der Waals surface area contributed by atoms with E-state index in [1.54, 1.807) is 0 Å². The van der Waals surface area contributed by atoms with Crippen LogP contribution in [0.15, 0.2) is 36.4 Å². The van der Waals surface area contributed by atoms with Gasteiger partial charge in [-0.1, -0.05) is 50.5 Å². The third-order valence-electron chi connectivity index (χ3n) is 6.31. The summed E-state index contributed by atoms with van der Waals surface area (Å²) < 4.78 is 4.78. The zero-order valence-electron chi connectivity index (χ0n) is 18.3. The number of hydrogen-bond donors (Lipinski definition) is 0. The van der Waals surface area contributed by atoms with Crippen molar-refractivity contribution in [3.05, 3.63) is 57.3 Å². The van der Waals surface area contributed by atoms with Crippen LogP contribution in [0.2, 0.25) is 0 Å². The maximum absolute atomic E-state index is 12.5. The molecule has 0 bridgehead atoms. The molecule has 1 fully saturated rings. The smallest absolute Gasteiger partial charge is 0.348 e. The number of hydrogen-bond acceptors (Lipinski definition) is 4. The number of aryl methyl sites for hydroxylation is 2. The Morgan fingerprint density at radius 3 is 2.57 bits per heavy atom. The molecule has 0 saturated heterocycles. The Kier molecular flexibility index (Phi) is 8.68. The quantitative estimate of drug-likeness (QED) is 0.295. The van der Waals surface area contributed by atoms with Gasteiger partial charge in [-0.3, -0.25) is 4.79 Å². The summed E-state index contributed by atoms with van der Waals surface area (Å²) in [5.74, 6) is 0.650. The molecule has 2 atom stereocenters. The van der Waals surface area contributed by atoms with Gasteiger partial charge in [-0.05, 0) is 67.7 Å². The Balaban J connectivity index is 1.52. The van der Waals surface area contributed by atoms with Crippen LogP contribution in [0.3, 0.4) is 0 Å². The fourth-order valence-corrected chi connectivity index (χ4v) is 5.54. The number of methoxy groups -OCH3 is 1. The normalized spacial score (nSPS) is 18.7. The van der Waals surface area contributed by atoms with E-state index in [-0.39, 0.29) is 11.9 Å². The number of thiophene rings is 1. The molecule has 1 saturated carbocycles. The maximum Gasteiger partial charge on any atom is 0.348 e. The lowest BCUT2D eigenvalue weighted by atomic mass is 9.84. The number of carbonyl (C=O) groups is 2. The van der Waals surface area contributed by atoms with Gasteiger partial charge in [0, 0.05) is 17.2 Å². The van der Waals surface area contributed by atoms with Crippen molar-refractivity contribution < 1.29 is 14.3 Å². The van der Waals surface area contributed by atoms with E-state index in [2.05, 4.69) is 31.2 Å². The van der Waals surface area contributed by atoms with Gasteiger partial charge in [0.2, 0.25) is 0 Å². The molecule has 1 aromatic carbocycles. The maximum atomic E-state index is 12.5. The number of Topliss-reactive ketones (excluding diaryl/α,β-unsaturated/α-hetero) is 1. The predicted molar refractivity (Wildman–Crippen MR) is 123 cm³/mol. The molecule has 3 nitrogen and oxygen atoms in total. The first-order chi connectivity index (χ1) is 14.6. The molecule has 2 aromatic rings. The number of unbranched alkanes of at least 4 members (excludes halogenated alkanes) is 3. The van der Waals surface area contributed by atoms with Crippen LogP contribution < -0.4 is 0 Å². The summed E-state index contributed by atoms with van der Waals surface area (Å²) in [6.07, 6.45) is 10.8. The van der Waals surface area contributed by atoms with Crippen LogP contribution in [-0.4, -0.2) is 18.9 Å². The monoisotopic (exact) mass is 426 g/mol. The van der Waals surface area contributed by atoms with Crippen molar-refractivity contribution in [3.63, 3.8) is 0 Å². The van der Waals surface area contributed by atoms with Crippen molar-refractivity contribution in [1.82, 2.24) is 0 Å². The fraction of sp³-hybridized carbons (Fsp3) is 0.538. The van der Waals surface area contributed by atoms with E-state index in [1.807, 2.05) is 12.1 Å². The second-order valence-corrected chi connectivity index (χ2v) is 9.59. The summed E-state index contributed by atoms with van der Waals surface area (Å²) in [6.45, 7) is 2.24. The van der Waals surface area contributed by atoms with Crippen LogP contribution in [0.25, 0.3) is 0 Å². The lowest BCUT2D eigenvalue weighted by Gasteiger charge is -2.19. The Morgan fingerprint density at radius 2 is 1.83 bits per heavy atom. The minimum atomic E-state index is -0.272. The third-order valence-corrected chi connectivity index (χ3v) is 7.44. The summed E-state index contributed by atoms with van der Waals surface area (Å²) in [5.41, 5.74) is 2.74. The molecule has 0 amide bonds. The molecule has 0 radical (unpaired) electrons. The minimum absolute atomic E-state index is 0.139. The minimum Gasteiger partial charge on any atom is -0.465 e. The molecule has 1 aliphatic rings. The van der Waals surface area contributed by atoms with Crippen LogP contribution in [0, 0.1) is 5.92 Å². The molecule has 3 rings (SSSR count). The Labute approximate surface area is 184 Å². The van der Waals surface area contributed by atoms with Crippen molar-refractivity contribution in [1.29, 1.82) is 0 Å². The molecular weight excluding hydrogens is 392 g/mol. The van der Waals surface area contributed by atoms with E-state index in [0.717, 1.165) is 32.1 Å². The highest BCUT2D eigenvalue weighted by Crippen LogP contribution is 2.40. The SMILES string of the molecule is CCCCCCc1ccc([C@H]2CCC(=O)[C@@H]2CCCc2ccc(C(=O)OC)s2)cc1. The second kappa shape index (κ2) is 11.5. The van der Waals surface area contributed by atoms with Gasteiger partial charge in [-0.25, -0.2) is 4.79 Å². The molecule has 0 aliphatic heterocycles. The lowest BCUT2D eigenvalue weighted by molar-refractivity contribution is -0.121. The van der Waals surface area contributed by atoms with E-state index < -0.39 is 0 Å². The van der Waals surface area contributed by atoms with Gasteiger partial charge >= 0.3 is 5.97 Å². The van der Waals surface area contributed by atoms with E-state index in [4.69, 9.17) is 4.74 Å². The van der Waals surface area contributed by atoms with Crippen LogP contribution in [0.1, 0.15) is 89.9 Å². The number of esters is 1. The van der Waals surface area contributed by atoms with Gasteiger partial charge in [-0.15, -0.1) is 11.3 Å². The standard InChI is InChI=1S/C26H34O3S/c1-3-4-5-6-8-19-11-13-20(14-12-19)22-16-17-24(27)23(22)10-7-9-21-15-18-25(30-21)26(28)29-2/h11-15,18,22-23H,3-10,16-17H2,1-2H3/t22-,23-/m1/s1. The molecular formula is C26H34O3S. The fourth-order valence-electron chi connectivity index (χ4n) is 4.58. The highest BCUT2D eigenvalue weighted by Gasteiger charge is 2.34. The van der Waals surface area contributed by atoms with E-state index in [9.17, 15) is 9.59 Å². The highest BCUT2D eigenvalue weighted by molar-refractivity contribution is 7.13. The molecule has 30 heavy (non-hydrogen) atoms. The third kappa shape index (κ3) is 6.04. The van der Waals surface area contributed by atoms with Crippen LogP contribution >= 0.6 is 11.3 Å². The predicted octanol–water partition coefficient (Wildman–Crippen LogP) is 6.74. The molecule has 1 aliphatic carbocycles. The van der Waals surface area contributed by atoms with Crippen LogP contribution in [0.5, 0.6) is 0 Å². The van der Waals surface area contributed by atoms with Crippen molar-refractivity contribution >= 4 is 23.1 Å². The number of benzene rings is 1. The Bertz CT molecular complexity index is 821. The zero-order chi connectivity index (χ0) is 21.3. The van der Waals surface area contributed by atoms with Gasteiger partial charge in [0.05, 0.1) is 7.11 Å². The molecule has 4 heteroatoms. The van der Waals surface area contributed by atoms with Gasteiger partial charge < -0.3 is 4.74 Å². The first-order valence-corrected chi connectivity index (χ1v) is 12.2. The van der Waals surface area contributed by atoms with E-state index in [1.165, 1.54) is 60.1 Å². The highest BCUT2D eigenvalue weighted by atomic mass is 32.1. The largest absolute Gasteiger partial charge is 0.465 e. The first-order valence-electron chi connectivity index (χ1n) is 11.4. The molecule has 1 heterocycles. The van der Waals surface area contributed by atoms with Crippen molar-refractivity contribution in [3.8, 4) is 0 Å². The van der Waals surface area contributed by atoms with Gasteiger partial charge in [0.15, 0.2) is 0 Å². The number of carbonyl (C=O) groups excluding carboxylic acids is 2. The average molecular weight is 427 g/mol. The molecule has 162 valence electrons. The van der Waals surface area contributed by atoms with Crippen LogP contribution in [-0.2, 0) is 22.4 Å². The number of rotatable bonds is 11. The topological polar surface area (TPSA) is 43.4 Å². The summed E-state index contributed by atoms with van der Waals surface area (Å²) in [4.78, 5) is 26.0. The first kappa shape index (κ1) is 22.7. The molecule has 0 N–H and O–H groups in total. The van der Waals surface area contributed by atoms with Crippen molar-refractivity contribution in [2.75, 3.05) is 7.11 Å². The summed E-state index contributed by atoms with van der Waals surface area (Å²) >= 11 is 1.50. The van der Waals surface area contributed by atoms with E-state index >= 15 is 0 Å². The summed E-state index contributed by atoms with van der Waals surface area (Å²) in [6, 6.07) is 12.9.